The lowest BCUT2D eigenvalue weighted by molar-refractivity contribution is 0.205. The van der Waals surface area contributed by atoms with E-state index in [2.05, 4.69) is 15.3 Å². The van der Waals surface area contributed by atoms with Gasteiger partial charge in [0, 0.05) is 26.7 Å². The molecule has 0 fully saturated rings. The maximum atomic E-state index is 13.6. The van der Waals surface area contributed by atoms with Crippen LogP contribution >= 0.6 is 0 Å². The third-order valence-corrected chi connectivity index (χ3v) is 2.31. The van der Waals surface area contributed by atoms with Crippen molar-refractivity contribution in [3.8, 4) is 0 Å². The molecule has 0 saturated heterocycles. The number of halogens is 1. The van der Waals surface area contributed by atoms with E-state index in [1.165, 1.54) is 6.20 Å². The topological polar surface area (TPSA) is 50.3 Å². The van der Waals surface area contributed by atoms with Gasteiger partial charge in [-0.15, -0.1) is 0 Å². The Labute approximate surface area is 101 Å². The van der Waals surface area contributed by atoms with Gasteiger partial charge in [0.05, 0.1) is 12.8 Å². The van der Waals surface area contributed by atoms with Crippen molar-refractivity contribution < 1.29 is 9.13 Å². The summed E-state index contributed by atoms with van der Waals surface area (Å²) in [7, 11) is 1.62. The third-order valence-electron chi connectivity index (χ3n) is 2.31. The second kappa shape index (κ2) is 7.01. The van der Waals surface area contributed by atoms with E-state index < -0.39 is 5.82 Å². The molecule has 96 valence electrons. The van der Waals surface area contributed by atoms with Crippen molar-refractivity contribution in [1.29, 1.82) is 0 Å². The van der Waals surface area contributed by atoms with Gasteiger partial charge in [-0.2, -0.15) is 4.98 Å². The molecule has 1 rings (SSSR count). The lowest BCUT2D eigenvalue weighted by Crippen LogP contribution is -2.29. The third kappa shape index (κ3) is 3.81. The first-order chi connectivity index (χ1) is 8.22. The van der Waals surface area contributed by atoms with Gasteiger partial charge >= 0.3 is 0 Å². The predicted molar refractivity (Wildman–Crippen MR) is 65.9 cm³/mol. The normalized spacial score (nSPS) is 10.4. The van der Waals surface area contributed by atoms with Gasteiger partial charge in [-0.25, -0.2) is 9.37 Å². The molecule has 0 spiro atoms. The van der Waals surface area contributed by atoms with Gasteiger partial charge in [0.2, 0.25) is 5.95 Å². The smallest absolute Gasteiger partial charge is 0.224 e. The van der Waals surface area contributed by atoms with E-state index in [0.29, 0.717) is 38.0 Å². The average molecular weight is 242 g/mol. The highest BCUT2D eigenvalue weighted by atomic mass is 19.1. The quantitative estimate of drug-likeness (QED) is 0.785. The van der Waals surface area contributed by atoms with Crippen LogP contribution in [-0.2, 0) is 4.74 Å². The van der Waals surface area contributed by atoms with E-state index in [4.69, 9.17) is 4.74 Å². The first-order valence-corrected chi connectivity index (χ1v) is 5.73. The molecule has 17 heavy (non-hydrogen) atoms. The molecule has 1 aromatic heterocycles. The molecule has 0 aliphatic rings. The lowest BCUT2D eigenvalue weighted by Gasteiger charge is -2.22. The number of rotatable bonds is 7. The number of ether oxygens (including phenoxy) is 1. The van der Waals surface area contributed by atoms with E-state index in [-0.39, 0.29) is 0 Å². The maximum absolute atomic E-state index is 13.6. The molecule has 0 radical (unpaired) electrons. The molecular weight excluding hydrogens is 223 g/mol. The Morgan fingerprint density at radius 3 is 2.82 bits per heavy atom. The number of hydrogen-bond acceptors (Lipinski definition) is 5. The number of methoxy groups -OCH3 is 1. The standard InChI is InChI=1S/C11H19FN4O/c1-4-13-11-14-8-9(12)10(15-11)16(5-2)6-7-17-3/h8H,4-7H2,1-3H3,(H,13,14,15). The highest BCUT2D eigenvalue weighted by molar-refractivity contribution is 5.43. The molecule has 1 aromatic rings. The predicted octanol–water partition coefficient (Wildman–Crippen LogP) is 1.52. The summed E-state index contributed by atoms with van der Waals surface area (Å²) in [6.45, 7) is 6.40. The molecule has 0 unspecified atom stereocenters. The zero-order chi connectivity index (χ0) is 12.7. The molecule has 0 saturated carbocycles. The van der Waals surface area contributed by atoms with E-state index in [1.54, 1.807) is 7.11 Å². The van der Waals surface area contributed by atoms with Crippen LogP contribution in [0.25, 0.3) is 0 Å². The molecule has 6 heteroatoms. The second-order valence-electron chi connectivity index (χ2n) is 3.47. The zero-order valence-corrected chi connectivity index (χ0v) is 10.5. The van der Waals surface area contributed by atoms with E-state index in [9.17, 15) is 4.39 Å². The van der Waals surface area contributed by atoms with Crippen molar-refractivity contribution in [2.45, 2.75) is 13.8 Å². The number of nitrogens with one attached hydrogen (secondary N) is 1. The van der Waals surface area contributed by atoms with Crippen LogP contribution in [0.15, 0.2) is 6.20 Å². The number of likely N-dealkylation sites (N-methyl/N-ethyl adjacent to an activating group) is 1. The Morgan fingerprint density at radius 2 is 2.24 bits per heavy atom. The summed E-state index contributed by atoms with van der Waals surface area (Å²) >= 11 is 0. The maximum Gasteiger partial charge on any atom is 0.224 e. The van der Waals surface area contributed by atoms with Gasteiger partial charge in [0.1, 0.15) is 0 Å². The fourth-order valence-corrected chi connectivity index (χ4v) is 1.44. The summed E-state index contributed by atoms with van der Waals surface area (Å²) in [5.41, 5.74) is 0. The van der Waals surface area contributed by atoms with Crippen molar-refractivity contribution in [3.05, 3.63) is 12.0 Å². The summed E-state index contributed by atoms with van der Waals surface area (Å²) in [6.07, 6.45) is 1.19. The number of anilines is 2. The van der Waals surface area contributed by atoms with E-state index in [0.717, 1.165) is 0 Å². The Hall–Kier alpha value is -1.43. The summed E-state index contributed by atoms with van der Waals surface area (Å²) in [5, 5.41) is 2.96. The van der Waals surface area contributed by atoms with Crippen LogP contribution in [0.3, 0.4) is 0 Å². The van der Waals surface area contributed by atoms with Crippen LogP contribution < -0.4 is 10.2 Å². The lowest BCUT2D eigenvalue weighted by atomic mass is 10.4. The molecule has 1 heterocycles. The zero-order valence-electron chi connectivity index (χ0n) is 10.5. The minimum absolute atomic E-state index is 0.315. The van der Waals surface area contributed by atoms with Crippen LogP contribution in [0.1, 0.15) is 13.8 Å². The summed E-state index contributed by atoms with van der Waals surface area (Å²) in [5.74, 6) is 0.347. The van der Waals surface area contributed by atoms with Crippen molar-refractivity contribution in [2.24, 2.45) is 0 Å². The van der Waals surface area contributed by atoms with Gasteiger partial charge in [-0.05, 0) is 13.8 Å². The number of aromatic nitrogens is 2. The molecule has 0 aliphatic heterocycles. The monoisotopic (exact) mass is 242 g/mol. The molecule has 1 N–H and O–H groups in total. The first kappa shape index (κ1) is 13.6. The van der Waals surface area contributed by atoms with Gasteiger partial charge in [-0.1, -0.05) is 0 Å². The van der Waals surface area contributed by atoms with Crippen molar-refractivity contribution in [2.75, 3.05) is 43.6 Å². The highest BCUT2D eigenvalue weighted by Crippen LogP contribution is 2.16. The van der Waals surface area contributed by atoms with Crippen LogP contribution in [0.2, 0.25) is 0 Å². The highest BCUT2D eigenvalue weighted by Gasteiger charge is 2.13. The van der Waals surface area contributed by atoms with Gasteiger partial charge < -0.3 is 15.0 Å². The second-order valence-corrected chi connectivity index (χ2v) is 3.47. The minimum Gasteiger partial charge on any atom is -0.383 e. The van der Waals surface area contributed by atoms with E-state index >= 15 is 0 Å². The molecule has 0 atom stereocenters. The minimum atomic E-state index is -0.412. The van der Waals surface area contributed by atoms with E-state index in [1.807, 2.05) is 18.7 Å². The van der Waals surface area contributed by atoms with Crippen LogP contribution in [0, 0.1) is 5.82 Å². The van der Waals surface area contributed by atoms with Gasteiger partial charge in [0.25, 0.3) is 0 Å². The largest absolute Gasteiger partial charge is 0.383 e. The number of nitrogens with zero attached hydrogens (tertiary/aromatic N) is 3. The fraction of sp³-hybridized carbons (Fsp3) is 0.636. The van der Waals surface area contributed by atoms with Crippen molar-refractivity contribution >= 4 is 11.8 Å². The Bertz CT molecular complexity index is 348. The van der Waals surface area contributed by atoms with Crippen LogP contribution in [0.5, 0.6) is 0 Å². The molecule has 0 aromatic carbocycles. The number of hydrogen-bond donors (Lipinski definition) is 1. The first-order valence-electron chi connectivity index (χ1n) is 5.73. The molecule has 5 nitrogen and oxygen atoms in total. The van der Waals surface area contributed by atoms with Crippen LogP contribution in [-0.4, -0.2) is 43.3 Å². The summed E-state index contributed by atoms with van der Waals surface area (Å²) in [4.78, 5) is 9.85. The van der Waals surface area contributed by atoms with Gasteiger partial charge in [-0.3, -0.25) is 0 Å². The Balaban J connectivity index is 2.87. The molecule has 0 bridgehead atoms. The van der Waals surface area contributed by atoms with Crippen molar-refractivity contribution in [1.82, 2.24) is 9.97 Å². The molecule has 0 aliphatic carbocycles. The van der Waals surface area contributed by atoms with Crippen molar-refractivity contribution in [3.63, 3.8) is 0 Å². The summed E-state index contributed by atoms with van der Waals surface area (Å²) < 4.78 is 18.6. The fourth-order valence-electron chi connectivity index (χ4n) is 1.44. The Kier molecular flexibility index (Phi) is 5.62. The average Bonchev–Trinajstić information content (AvgIpc) is 2.34. The Morgan fingerprint density at radius 1 is 1.47 bits per heavy atom. The van der Waals surface area contributed by atoms with Crippen LogP contribution in [0.4, 0.5) is 16.2 Å². The summed E-state index contributed by atoms with van der Waals surface area (Å²) in [6, 6.07) is 0. The molecular formula is C11H19FN4O. The molecule has 0 amide bonds. The van der Waals surface area contributed by atoms with Gasteiger partial charge in [0.15, 0.2) is 11.6 Å². The SMILES string of the molecule is CCNc1ncc(F)c(N(CC)CCOC)n1.